The van der Waals surface area contributed by atoms with E-state index in [1.54, 1.807) is 12.1 Å². The Morgan fingerprint density at radius 1 is 1.13 bits per heavy atom. The number of aliphatic imine (C=N–C) groups is 1. The minimum atomic E-state index is 0. The van der Waals surface area contributed by atoms with Crippen molar-refractivity contribution in [2.45, 2.75) is 33.4 Å². The highest BCUT2D eigenvalue weighted by Crippen LogP contribution is 2.16. The molecule has 0 radical (unpaired) electrons. The van der Waals surface area contributed by atoms with Gasteiger partial charge in [-0.15, -0.1) is 35.3 Å². The summed E-state index contributed by atoms with van der Waals surface area (Å²) in [7, 11) is 0. The van der Waals surface area contributed by atoms with Crippen LogP contribution in [0.1, 0.15) is 29.2 Å². The summed E-state index contributed by atoms with van der Waals surface area (Å²) < 4.78 is 0. The van der Waals surface area contributed by atoms with Crippen LogP contribution in [0.15, 0.2) is 41.4 Å². The number of rotatable bonds is 6. The number of hydrogen-bond acceptors (Lipinski definition) is 3. The number of benzene rings is 1. The van der Waals surface area contributed by atoms with Crippen molar-refractivity contribution in [3.63, 3.8) is 0 Å². The van der Waals surface area contributed by atoms with E-state index in [0.717, 1.165) is 31.0 Å². The lowest BCUT2D eigenvalue weighted by molar-refractivity contribution is 0.474. The molecular formula is C17H24IN3OS. The molecule has 0 saturated carbocycles. The van der Waals surface area contributed by atoms with E-state index in [0.29, 0.717) is 6.54 Å². The number of hydrogen-bond donors (Lipinski definition) is 3. The quantitative estimate of drug-likeness (QED) is 0.359. The van der Waals surface area contributed by atoms with Gasteiger partial charge in [0.2, 0.25) is 0 Å². The number of nitrogens with zero attached hydrogens (tertiary/aromatic N) is 1. The molecule has 1 heterocycles. The molecule has 0 spiro atoms. The maximum Gasteiger partial charge on any atom is 0.191 e. The molecule has 23 heavy (non-hydrogen) atoms. The van der Waals surface area contributed by atoms with Gasteiger partial charge in [-0.05, 0) is 43.2 Å². The molecule has 0 aliphatic heterocycles. The maximum atomic E-state index is 9.48. The third kappa shape index (κ3) is 6.78. The summed E-state index contributed by atoms with van der Waals surface area (Å²) >= 11 is 1.83. The van der Waals surface area contributed by atoms with Gasteiger partial charge in [-0.1, -0.05) is 19.1 Å². The Bertz CT molecular complexity index is 628. The molecule has 0 bridgehead atoms. The highest BCUT2D eigenvalue weighted by Gasteiger charge is 2.01. The molecule has 0 aliphatic carbocycles. The SMILES string of the molecule is CCNC(=NCc1cccc(O)c1)NCc1ccc(CC)s1.I. The number of phenolic OH excluding ortho intramolecular Hbond substituents is 1. The van der Waals surface area contributed by atoms with Crippen LogP contribution in [0.2, 0.25) is 0 Å². The number of phenols is 1. The summed E-state index contributed by atoms with van der Waals surface area (Å²) in [6.07, 6.45) is 1.08. The lowest BCUT2D eigenvalue weighted by Crippen LogP contribution is -2.36. The lowest BCUT2D eigenvalue weighted by Gasteiger charge is -2.10. The first-order valence-corrected chi connectivity index (χ1v) is 8.40. The fraction of sp³-hybridized carbons (Fsp3) is 0.353. The summed E-state index contributed by atoms with van der Waals surface area (Å²) in [6, 6.07) is 11.5. The van der Waals surface area contributed by atoms with Gasteiger partial charge in [0, 0.05) is 16.3 Å². The van der Waals surface area contributed by atoms with E-state index in [9.17, 15) is 5.11 Å². The van der Waals surface area contributed by atoms with E-state index >= 15 is 0 Å². The van der Waals surface area contributed by atoms with Crippen molar-refractivity contribution in [1.82, 2.24) is 10.6 Å². The van der Waals surface area contributed by atoms with Gasteiger partial charge in [0.25, 0.3) is 0 Å². The van der Waals surface area contributed by atoms with Gasteiger partial charge in [-0.2, -0.15) is 0 Å². The largest absolute Gasteiger partial charge is 0.508 e. The van der Waals surface area contributed by atoms with Gasteiger partial charge in [-0.3, -0.25) is 0 Å². The minimum Gasteiger partial charge on any atom is -0.508 e. The fourth-order valence-electron chi connectivity index (χ4n) is 2.05. The molecule has 1 aromatic carbocycles. The number of aryl methyl sites for hydroxylation is 1. The molecule has 0 unspecified atom stereocenters. The van der Waals surface area contributed by atoms with Gasteiger partial charge in [-0.25, -0.2) is 4.99 Å². The molecule has 0 fully saturated rings. The zero-order valence-corrected chi connectivity index (χ0v) is 16.7. The zero-order valence-electron chi connectivity index (χ0n) is 13.5. The van der Waals surface area contributed by atoms with Crippen molar-refractivity contribution in [3.8, 4) is 5.75 Å². The van der Waals surface area contributed by atoms with Crippen LogP contribution >= 0.6 is 35.3 Å². The smallest absolute Gasteiger partial charge is 0.191 e. The third-order valence-electron chi connectivity index (χ3n) is 3.17. The van der Waals surface area contributed by atoms with E-state index in [1.165, 1.54) is 9.75 Å². The molecule has 0 atom stereocenters. The summed E-state index contributed by atoms with van der Waals surface area (Å²) in [5.74, 6) is 1.06. The van der Waals surface area contributed by atoms with Crippen LogP contribution in [0.5, 0.6) is 5.75 Å². The number of aromatic hydroxyl groups is 1. The molecule has 4 nitrogen and oxygen atoms in total. The van der Waals surface area contributed by atoms with Crippen molar-refractivity contribution in [2.24, 2.45) is 4.99 Å². The average Bonchev–Trinajstić information content (AvgIpc) is 2.98. The molecule has 1 aromatic heterocycles. The van der Waals surface area contributed by atoms with Crippen LogP contribution in [0.3, 0.4) is 0 Å². The average molecular weight is 445 g/mol. The van der Waals surface area contributed by atoms with E-state index in [4.69, 9.17) is 0 Å². The highest BCUT2D eigenvalue weighted by atomic mass is 127. The molecule has 126 valence electrons. The number of thiophene rings is 1. The van der Waals surface area contributed by atoms with Gasteiger partial charge >= 0.3 is 0 Å². The summed E-state index contributed by atoms with van der Waals surface area (Å²) in [5.41, 5.74) is 0.988. The second-order valence-electron chi connectivity index (χ2n) is 4.94. The van der Waals surface area contributed by atoms with Crippen molar-refractivity contribution in [3.05, 3.63) is 51.7 Å². The van der Waals surface area contributed by atoms with Crippen LogP contribution in [0.25, 0.3) is 0 Å². The molecule has 2 aromatic rings. The first-order valence-electron chi connectivity index (χ1n) is 7.59. The Balaban J connectivity index is 0.00000264. The Morgan fingerprint density at radius 3 is 2.57 bits per heavy atom. The van der Waals surface area contributed by atoms with Crippen LogP contribution in [0.4, 0.5) is 0 Å². The van der Waals surface area contributed by atoms with Gasteiger partial charge in [0.05, 0.1) is 13.1 Å². The van der Waals surface area contributed by atoms with Crippen molar-refractivity contribution in [2.75, 3.05) is 6.54 Å². The Hall–Kier alpha value is -1.28. The molecular weight excluding hydrogens is 421 g/mol. The lowest BCUT2D eigenvalue weighted by atomic mass is 10.2. The predicted molar refractivity (Wildman–Crippen MR) is 109 cm³/mol. The van der Waals surface area contributed by atoms with Gasteiger partial charge < -0.3 is 15.7 Å². The van der Waals surface area contributed by atoms with E-state index in [1.807, 2.05) is 30.4 Å². The Morgan fingerprint density at radius 2 is 1.91 bits per heavy atom. The standard InChI is InChI=1S/C17H23N3OS.HI/c1-3-15-8-9-16(22-15)12-20-17(18-4-2)19-11-13-6-5-7-14(21)10-13;/h5-10,21H,3-4,11-12H2,1-2H3,(H2,18,19,20);1H. The second kappa shape index (κ2) is 10.5. The topological polar surface area (TPSA) is 56.7 Å². The molecule has 0 saturated heterocycles. The Labute approximate surface area is 159 Å². The second-order valence-corrected chi connectivity index (χ2v) is 6.19. The van der Waals surface area contributed by atoms with Crippen molar-refractivity contribution >= 4 is 41.3 Å². The van der Waals surface area contributed by atoms with Crippen LogP contribution in [0, 0.1) is 0 Å². The molecule has 6 heteroatoms. The molecule has 2 rings (SSSR count). The van der Waals surface area contributed by atoms with E-state index in [-0.39, 0.29) is 29.7 Å². The van der Waals surface area contributed by atoms with Gasteiger partial charge in [0.15, 0.2) is 5.96 Å². The summed E-state index contributed by atoms with van der Waals surface area (Å²) in [4.78, 5) is 7.26. The third-order valence-corrected chi connectivity index (χ3v) is 4.40. The van der Waals surface area contributed by atoms with Crippen LogP contribution in [-0.4, -0.2) is 17.6 Å². The van der Waals surface area contributed by atoms with E-state index < -0.39 is 0 Å². The van der Waals surface area contributed by atoms with Crippen LogP contribution < -0.4 is 10.6 Å². The minimum absolute atomic E-state index is 0. The predicted octanol–water partition coefficient (Wildman–Crippen LogP) is 3.89. The van der Waals surface area contributed by atoms with Gasteiger partial charge in [0.1, 0.15) is 5.75 Å². The maximum absolute atomic E-state index is 9.48. The Kier molecular flexibility index (Phi) is 9.01. The first kappa shape index (κ1) is 19.8. The molecule has 0 amide bonds. The number of halogens is 1. The summed E-state index contributed by atoms with van der Waals surface area (Å²) in [5, 5.41) is 16.1. The first-order chi connectivity index (χ1) is 10.7. The van der Waals surface area contributed by atoms with E-state index in [2.05, 4.69) is 34.7 Å². The number of guanidine groups is 1. The molecule has 3 N–H and O–H groups in total. The molecule has 0 aliphatic rings. The zero-order chi connectivity index (χ0) is 15.8. The highest BCUT2D eigenvalue weighted by molar-refractivity contribution is 14.0. The van der Waals surface area contributed by atoms with Crippen molar-refractivity contribution < 1.29 is 5.11 Å². The summed E-state index contributed by atoms with van der Waals surface area (Å²) in [6.45, 7) is 6.34. The normalized spacial score (nSPS) is 11.0. The van der Waals surface area contributed by atoms with Crippen molar-refractivity contribution in [1.29, 1.82) is 0 Å². The fourth-order valence-corrected chi connectivity index (χ4v) is 2.94. The monoisotopic (exact) mass is 445 g/mol. The number of nitrogens with one attached hydrogen (secondary N) is 2. The van der Waals surface area contributed by atoms with Crippen LogP contribution in [-0.2, 0) is 19.5 Å².